The zero-order valence-corrected chi connectivity index (χ0v) is 7.33. The molecule has 0 radical (unpaired) electrons. The molecule has 0 unspecified atom stereocenters. The molecule has 1 heteroatoms. The quantitative estimate of drug-likeness (QED) is 0.563. The van der Waals surface area contributed by atoms with E-state index in [-0.39, 0.29) is 0 Å². The zero-order valence-electron chi connectivity index (χ0n) is 6.44. The maximum absolute atomic E-state index is 2.34. The van der Waals surface area contributed by atoms with E-state index in [1.165, 1.54) is 12.2 Å². The summed E-state index contributed by atoms with van der Waals surface area (Å²) in [5, 5.41) is 0. The average Bonchev–Trinajstić information content (AvgIpc) is 1.61. The lowest BCUT2D eigenvalue weighted by Crippen LogP contribution is -1.92. The van der Waals surface area contributed by atoms with Crippen LogP contribution in [0.1, 0.15) is 20.3 Å². The van der Waals surface area contributed by atoms with Crippen LogP contribution in [0.15, 0.2) is 0 Å². The van der Waals surface area contributed by atoms with Crippen LogP contribution in [-0.4, -0.2) is 18.3 Å². The lowest BCUT2D eigenvalue weighted by Gasteiger charge is -2.09. The molecule has 0 saturated heterocycles. The molecule has 0 aliphatic carbocycles. The summed E-state index contributed by atoms with van der Waals surface area (Å²) in [6.45, 7) is 4.58. The number of hydrogen-bond donors (Lipinski definition) is 1. The van der Waals surface area contributed by atoms with Gasteiger partial charge in [0, 0.05) is 0 Å². The lowest BCUT2D eigenvalue weighted by molar-refractivity contribution is 0.631. The molecular weight excluding hydrogens is 116 g/mol. The van der Waals surface area contributed by atoms with Crippen molar-refractivity contribution >= 4 is 10.9 Å². The fraction of sp³-hybridized carbons (Fsp3) is 1.00. The van der Waals surface area contributed by atoms with Crippen LogP contribution in [0.2, 0.25) is 0 Å². The van der Waals surface area contributed by atoms with E-state index in [0.29, 0.717) is 10.9 Å². The first-order valence-corrected chi connectivity index (χ1v) is 5.69. The second-order valence-corrected chi connectivity index (χ2v) is 5.59. The summed E-state index contributed by atoms with van der Waals surface area (Å²) in [6, 6.07) is 0. The van der Waals surface area contributed by atoms with Gasteiger partial charge in [-0.1, -0.05) is 13.8 Å². The van der Waals surface area contributed by atoms with Crippen LogP contribution in [0.4, 0.5) is 0 Å². The van der Waals surface area contributed by atoms with Gasteiger partial charge in [0.25, 0.3) is 0 Å². The summed E-state index contributed by atoms with van der Waals surface area (Å²) in [5.41, 5.74) is 0. The van der Waals surface area contributed by atoms with Gasteiger partial charge < -0.3 is 0 Å². The van der Waals surface area contributed by atoms with E-state index < -0.39 is 0 Å². The molecule has 0 N–H and O–H groups in total. The number of hydrogen-bond acceptors (Lipinski definition) is 0. The van der Waals surface area contributed by atoms with Crippen molar-refractivity contribution in [2.24, 2.45) is 5.92 Å². The van der Waals surface area contributed by atoms with Crippen LogP contribution in [0.5, 0.6) is 0 Å². The maximum atomic E-state index is 2.34. The molecule has 0 atom stereocenters. The van der Waals surface area contributed by atoms with Crippen molar-refractivity contribution in [3.63, 3.8) is 0 Å². The predicted molar refractivity (Wildman–Crippen MR) is 45.2 cm³/mol. The van der Waals surface area contributed by atoms with E-state index in [2.05, 4.69) is 26.4 Å². The normalized spacial score (nSPS) is 12.4. The molecule has 0 aromatic carbocycles. The summed E-state index contributed by atoms with van der Waals surface area (Å²) in [4.78, 5) is 0. The van der Waals surface area contributed by atoms with Gasteiger partial charge in [0.1, 0.15) is 0 Å². The highest BCUT2D eigenvalue weighted by Gasteiger charge is 1.93. The molecule has 0 nitrogen and oxygen atoms in total. The smallest absolute Gasteiger partial charge is 0.0255 e. The Balaban J connectivity index is 2.93. The van der Waals surface area contributed by atoms with Crippen LogP contribution in [0.3, 0.4) is 0 Å². The Morgan fingerprint density at radius 3 is 1.88 bits per heavy atom. The van der Waals surface area contributed by atoms with Gasteiger partial charge in [-0.25, -0.2) is 0 Å². The standard InChI is InChI=1S/C7H18S/c1-7(2)5-6-8(3)4/h7-8H,5-6H2,1-4H3. The molecule has 0 rings (SSSR count). The summed E-state index contributed by atoms with van der Waals surface area (Å²) >= 11 is 0. The van der Waals surface area contributed by atoms with E-state index in [0.717, 1.165) is 5.92 Å². The number of thiol groups is 1. The topological polar surface area (TPSA) is 0 Å². The highest BCUT2D eigenvalue weighted by molar-refractivity contribution is 8.15. The molecule has 0 aromatic heterocycles. The summed E-state index contributed by atoms with van der Waals surface area (Å²) in [7, 11) is 0.367. The molecule has 0 heterocycles. The van der Waals surface area contributed by atoms with Crippen molar-refractivity contribution in [1.29, 1.82) is 0 Å². The third-order valence-electron chi connectivity index (χ3n) is 1.15. The van der Waals surface area contributed by atoms with Gasteiger partial charge in [0.2, 0.25) is 0 Å². The van der Waals surface area contributed by atoms with Gasteiger partial charge in [-0.05, 0) is 30.6 Å². The van der Waals surface area contributed by atoms with Crippen molar-refractivity contribution in [1.82, 2.24) is 0 Å². The van der Waals surface area contributed by atoms with Crippen LogP contribution < -0.4 is 0 Å². The molecule has 0 spiro atoms. The van der Waals surface area contributed by atoms with Gasteiger partial charge in [-0.15, -0.1) is 0 Å². The third-order valence-corrected chi connectivity index (χ3v) is 2.31. The molecule has 0 aliphatic heterocycles. The lowest BCUT2D eigenvalue weighted by atomic mass is 10.2. The van der Waals surface area contributed by atoms with E-state index in [4.69, 9.17) is 0 Å². The molecular formula is C7H18S. The summed E-state index contributed by atoms with van der Waals surface area (Å²) < 4.78 is 0. The fourth-order valence-electron chi connectivity index (χ4n) is 0.516. The van der Waals surface area contributed by atoms with Gasteiger partial charge in [0.05, 0.1) is 0 Å². The van der Waals surface area contributed by atoms with Crippen LogP contribution in [0.25, 0.3) is 0 Å². The third kappa shape index (κ3) is 6.35. The molecule has 0 bridgehead atoms. The van der Waals surface area contributed by atoms with Gasteiger partial charge in [-0.3, -0.25) is 10.9 Å². The van der Waals surface area contributed by atoms with Crippen LogP contribution in [-0.2, 0) is 0 Å². The average molecular weight is 134 g/mol. The molecule has 0 saturated carbocycles. The van der Waals surface area contributed by atoms with Gasteiger partial charge in [0.15, 0.2) is 0 Å². The molecule has 8 heavy (non-hydrogen) atoms. The number of rotatable bonds is 3. The monoisotopic (exact) mass is 134 g/mol. The largest absolute Gasteiger partial charge is 0.259 e. The zero-order chi connectivity index (χ0) is 6.57. The van der Waals surface area contributed by atoms with Gasteiger partial charge >= 0.3 is 0 Å². The van der Waals surface area contributed by atoms with E-state index in [9.17, 15) is 0 Å². The first-order chi connectivity index (χ1) is 3.63. The Morgan fingerprint density at radius 1 is 1.25 bits per heavy atom. The van der Waals surface area contributed by atoms with Crippen LogP contribution in [0, 0.1) is 5.92 Å². The molecule has 0 aromatic rings. The summed E-state index contributed by atoms with van der Waals surface area (Å²) in [5.74, 6) is 2.35. The first-order valence-electron chi connectivity index (χ1n) is 3.27. The minimum absolute atomic E-state index is 0.367. The Hall–Kier alpha value is 0.350. The maximum Gasteiger partial charge on any atom is -0.0255 e. The fourth-order valence-corrected chi connectivity index (χ4v) is 1.55. The molecule has 0 fully saturated rings. The second kappa shape index (κ2) is 4.25. The first kappa shape index (κ1) is 8.35. The Labute approximate surface area is 56.0 Å². The Kier molecular flexibility index (Phi) is 4.44. The van der Waals surface area contributed by atoms with Gasteiger partial charge in [-0.2, -0.15) is 0 Å². The van der Waals surface area contributed by atoms with E-state index in [1.54, 1.807) is 0 Å². The highest BCUT2D eigenvalue weighted by atomic mass is 32.2. The highest BCUT2D eigenvalue weighted by Crippen LogP contribution is 2.16. The van der Waals surface area contributed by atoms with Crippen LogP contribution >= 0.6 is 10.9 Å². The minimum atomic E-state index is 0.367. The second-order valence-electron chi connectivity index (χ2n) is 2.99. The van der Waals surface area contributed by atoms with Crippen molar-refractivity contribution < 1.29 is 0 Å². The molecule has 0 aliphatic rings. The SMILES string of the molecule is CC(C)CC[SH](C)C. The van der Waals surface area contributed by atoms with Crippen molar-refractivity contribution in [2.45, 2.75) is 20.3 Å². The minimum Gasteiger partial charge on any atom is -0.259 e. The Bertz CT molecular complexity index is 40.3. The van der Waals surface area contributed by atoms with Crippen molar-refractivity contribution in [3.8, 4) is 0 Å². The predicted octanol–water partition coefficient (Wildman–Crippen LogP) is 2.29. The van der Waals surface area contributed by atoms with E-state index >= 15 is 0 Å². The Morgan fingerprint density at radius 2 is 1.75 bits per heavy atom. The summed E-state index contributed by atoms with van der Waals surface area (Å²) in [6.07, 6.45) is 6.11. The van der Waals surface area contributed by atoms with Crippen molar-refractivity contribution in [2.75, 3.05) is 18.3 Å². The molecule has 0 amide bonds. The van der Waals surface area contributed by atoms with E-state index in [1.807, 2.05) is 0 Å². The molecule has 52 valence electrons. The van der Waals surface area contributed by atoms with Crippen molar-refractivity contribution in [3.05, 3.63) is 0 Å².